The smallest absolute Gasteiger partial charge is 0.173 e. The number of halogens is 2. The first-order valence-corrected chi connectivity index (χ1v) is 10.0. The highest BCUT2D eigenvalue weighted by atomic mass is 35.5. The minimum atomic E-state index is -1.28. The molecule has 1 amide bonds. The number of amides is 1. The third-order valence-electron chi connectivity index (χ3n) is 5.07. The van der Waals surface area contributed by atoms with Gasteiger partial charge in [0.2, 0.25) is 0 Å². The first-order valence-electron chi connectivity index (χ1n) is 9.66. The van der Waals surface area contributed by atoms with E-state index in [0.717, 1.165) is 12.8 Å². The van der Waals surface area contributed by atoms with Gasteiger partial charge in [-0.1, -0.05) is 17.7 Å². The summed E-state index contributed by atoms with van der Waals surface area (Å²) in [6.45, 7) is 0.352. The number of nitrogens with zero attached hydrogens (tertiary/aromatic N) is 3. The number of piperidine rings is 1. The van der Waals surface area contributed by atoms with Gasteiger partial charge < -0.3 is 29.6 Å². The monoisotopic (exact) mass is 445 g/mol. The van der Waals surface area contributed by atoms with Gasteiger partial charge in [-0.05, 0) is 31.0 Å². The van der Waals surface area contributed by atoms with Crippen LogP contribution in [-0.2, 0) is 0 Å². The van der Waals surface area contributed by atoms with E-state index in [2.05, 4.69) is 15.3 Å². The molecule has 0 radical (unpaired) electrons. The van der Waals surface area contributed by atoms with Gasteiger partial charge in [-0.3, -0.25) is 0 Å². The van der Waals surface area contributed by atoms with E-state index in [9.17, 15) is 14.3 Å². The first kappa shape index (κ1) is 20.9. The van der Waals surface area contributed by atoms with Crippen molar-refractivity contribution in [1.29, 1.82) is 0 Å². The minimum absolute atomic E-state index is 0.0124. The summed E-state index contributed by atoms with van der Waals surface area (Å²) in [6.07, 6.45) is 1.51. The Kier molecular flexibility index (Phi) is 5.94. The number of carboxylic acid groups (broad SMARTS) is 1. The van der Waals surface area contributed by atoms with Crippen molar-refractivity contribution in [3.63, 3.8) is 0 Å². The molecule has 1 atom stereocenters. The zero-order chi connectivity index (χ0) is 22.0. The number of methoxy groups -OCH3 is 1. The van der Waals surface area contributed by atoms with Crippen molar-refractivity contribution in [3.05, 3.63) is 47.5 Å². The standard InChI is InChI=1S/C21H20ClFN4O4/c1-30-16-9-12-15(10-17(16)31-18-7-2-3-8-27(18)21(28)29)24-11-25-20(12)26-14-6-4-5-13(22)19(14)23/h4-6,9-11,18H,2-3,7-8H2,1H3,(H,28,29)(H,24,25,26)/p-1. The van der Waals surface area contributed by atoms with E-state index in [1.54, 1.807) is 24.3 Å². The molecule has 1 N–H and O–H groups in total. The molecule has 1 aliphatic heterocycles. The van der Waals surface area contributed by atoms with Crippen LogP contribution in [0.1, 0.15) is 19.3 Å². The van der Waals surface area contributed by atoms with Gasteiger partial charge in [0, 0.05) is 24.4 Å². The zero-order valence-electron chi connectivity index (χ0n) is 16.6. The first-order chi connectivity index (χ1) is 15.0. The Morgan fingerprint density at radius 3 is 2.90 bits per heavy atom. The summed E-state index contributed by atoms with van der Waals surface area (Å²) in [4.78, 5) is 21.1. The molecule has 2 heterocycles. The number of aromatic nitrogens is 2. The molecule has 162 valence electrons. The van der Waals surface area contributed by atoms with Crippen molar-refractivity contribution >= 4 is 40.1 Å². The van der Waals surface area contributed by atoms with E-state index in [0.29, 0.717) is 41.2 Å². The number of hydrogen-bond acceptors (Lipinski definition) is 7. The van der Waals surface area contributed by atoms with Gasteiger partial charge in [-0.15, -0.1) is 0 Å². The summed E-state index contributed by atoms with van der Waals surface area (Å²) in [7, 11) is 1.47. The number of carbonyl (C=O) groups excluding carboxylic acids is 1. The number of rotatable bonds is 5. The molecule has 0 aliphatic carbocycles. The fourth-order valence-corrected chi connectivity index (χ4v) is 3.70. The number of ether oxygens (including phenoxy) is 2. The van der Waals surface area contributed by atoms with Crippen molar-refractivity contribution in [3.8, 4) is 11.5 Å². The molecule has 8 nitrogen and oxygen atoms in total. The highest BCUT2D eigenvalue weighted by Gasteiger charge is 2.25. The summed E-state index contributed by atoms with van der Waals surface area (Å²) in [5.41, 5.74) is 0.671. The quantitative estimate of drug-likeness (QED) is 0.639. The second-order valence-electron chi connectivity index (χ2n) is 7.00. The molecule has 1 saturated heterocycles. The molecule has 0 saturated carbocycles. The van der Waals surface area contributed by atoms with Gasteiger partial charge in [0.15, 0.2) is 23.5 Å². The van der Waals surface area contributed by atoms with E-state index >= 15 is 0 Å². The maximum absolute atomic E-state index is 14.3. The maximum Gasteiger partial charge on any atom is 0.173 e. The average molecular weight is 446 g/mol. The van der Waals surface area contributed by atoms with Gasteiger partial charge in [-0.25, -0.2) is 14.4 Å². The molecular formula is C21H19ClFN4O4-. The predicted molar refractivity (Wildman–Crippen MR) is 111 cm³/mol. The van der Waals surface area contributed by atoms with E-state index in [4.69, 9.17) is 21.1 Å². The summed E-state index contributed by atoms with van der Waals surface area (Å²) in [5, 5.41) is 14.9. The lowest BCUT2D eigenvalue weighted by Gasteiger charge is -2.37. The van der Waals surface area contributed by atoms with Crippen molar-refractivity contribution in [2.75, 3.05) is 19.0 Å². The number of hydrogen-bond donors (Lipinski definition) is 1. The Labute approximate surface area is 182 Å². The number of fused-ring (bicyclic) bond motifs is 1. The number of carbonyl (C=O) groups is 1. The highest BCUT2D eigenvalue weighted by Crippen LogP contribution is 2.37. The molecule has 0 spiro atoms. The summed E-state index contributed by atoms with van der Waals surface area (Å²) in [5.74, 6) is 0.458. The molecule has 1 aliphatic rings. The molecule has 31 heavy (non-hydrogen) atoms. The number of likely N-dealkylation sites (tertiary alicyclic amines) is 1. The van der Waals surface area contributed by atoms with Gasteiger partial charge in [0.05, 0.1) is 23.3 Å². The molecule has 2 aromatic carbocycles. The zero-order valence-corrected chi connectivity index (χ0v) is 17.4. The van der Waals surface area contributed by atoms with Crippen LogP contribution >= 0.6 is 11.6 Å². The van der Waals surface area contributed by atoms with Gasteiger partial charge in [-0.2, -0.15) is 0 Å². The van der Waals surface area contributed by atoms with Crippen LogP contribution in [0.5, 0.6) is 11.5 Å². The van der Waals surface area contributed by atoms with Crippen molar-refractivity contribution in [2.24, 2.45) is 0 Å². The van der Waals surface area contributed by atoms with E-state index in [1.165, 1.54) is 24.4 Å². The fraction of sp³-hybridized carbons (Fsp3) is 0.286. The lowest BCUT2D eigenvalue weighted by molar-refractivity contribution is -0.274. The van der Waals surface area contributed by atoms with E-state index in [-0.39, 0.29) is 10.7 Å². The van der Waals surface area contributed by atoms with E-state index < -0.39 is 18.1 Å². The molecule has 4 rings (SSSR count). The molecule has 10 heteroatoms. The fourth-order valence-electron chi connectivity index (χ4n) is 3.52. The van der Waals surface area contributed by atoms with Crippen LogP contribution < -0.4 is 19.9 Å². The summed E-state index contributed by atoms with van der Waals surface area (Å²) in [6, 6.07) is 7.91. The molecule has 3 aromatic rings. The second-order valence-corrected chi connectivity index (χ2v) is 7.40. The Balaban J connectivity index is 1.70. The van der Waals surface area contributed by atoms with Gasteiger partial charge >= 0.3 is 0 Å². The van der Waals surface area contributed by atoms with Crippen LogP contribution in [0.4, 0.5) is 20.7 Å². The Hall–Kier alpha value is -3.33. The van der Waals surface area contributed by atoms with Crippen LogP contribution in [0.2, 0.25) is 5.02 Å². The van der Waals surface area contributed by atoms with Crippen LogP contribution in [-0.4, -0.2) is 40.8 Å². The largest absolute Gasteiger partial charge is 0.530 e. The third-order valence-corrected chi connectivity index (χ3v) is 5.36. The molecule has 1 unspecified atom stereocenters. The van der Waals surface area contributed by atoms with Crippen LogP contribution in [0.25, 0.3) is 10.9 Å². The number of nitrogens with one attached hydrogen (secondary N) is 1. The Morgan fingerprint density at radius 1 is 1.29 bits per heavy atom. The summed E-state index contributed by atoms with van der Waals surface area (Å²) >= 11 is 5.86. The van der Waals surface area contributed by atoms with Crippen LogP contribution in [0.3, 0.4) is 0 Å². The SMILES string of the molecule is COc1cc2c(Nc3cccc(Cl)c3F)ncnc2cc1OC1CCCCN1C(=O)[O-]. The minimum Gasteiger partial charge on any atom is -0.530 e. The van der Waals surface area contributed by atoms with Crippen molar-refractivity contribution in [1.82, 2.24) is 14.9 Å². The van der Waals surface area contributed by atoms with E-state index in [1.807, 2.05) is 0 Å². The maximum atomic E-state index is 14.3. The topological polar surface area (TPSA) is 99.6 Å². The Bertz CT molecular complexity index is 1130. The number of benzene rings is 2. The van der Waals surface area contributed by atoms with Crippen molar-refractivity contribution in [2.45, 2.75) is 25.5 Å². The lowest BCUT2D eigenvalue weighted by atomic mass is 10.1. The molecule has 1 aromatic heterocycles. The van der Waals surface area contributed by atoms with Crippen molar-refractivity contribution < 1.29 is 23.8 Å². The second kappa shape index (κ2) is 8.81. The molecular weight excluding hydrogens is 427 g/mol. The van der Waals surface area contributed by atoms with Crippen LogP contribution in [0.15, 0.2) is 36.7 Å². The molecule has 0 bridgehead atoms. The molecule has 1 fully saturated rings. The highest BCUT2D eigenvalue weighted by molar-refractivity contribution is 6.31. The average Bonchev–Trinajstić information content (AvgIpc) is 2.77. The predicted octanol–water partition coefficient (Wildman–Crippen LogP) is 3.71. The van der Waals surface area contributed by atoms with Gasteiger partial charge in [0.1, 0.15) is 18.2 Å². The lowest BCUT2D eigenvalue weighted by Crippen LogP contribution is -2.52. The number of anilines is 2. The third kappa shape index (κ3) is 4.27. The van der Waals surface area contributed by atoms with Gasteiger partial charge in [0.25, 0.3) is 0 Å². The summed E-state index contributed by atoms with van der Waals surface area (Å²) < 4.78 is 25.7. The normalized spacial score (nSPS) is 16.2. The van der Waals surface area contributed by atoms with Crippen LogP contribution in [0, 0.1) is 5.82 Å². The Morgan fingerprint density at radius 2 is 2.13 bits per heavy atom.